The van der Waals surface area contributed by atoms with Crippen molar-refractivity contribution in [1.29, 1.82) is 0 Å². The van der Waals surface area contributed by atoms with Gasteiger partial charge in [-0.3, -0.25) is 14.9 Å². The molecule has 4 rings (SSSR count). The van der Waals surface area contributed by atoms with Gasteiger partial charge in [-0.2, -0.15) is 0 Å². The Kier molecular flexibility index (Phi) is 6.73. The minimum atomic E-state index is -0.889. The lowest BCUT2D eigenvalue weighted by Crippen LogP contribution is -2.08. The van der Waals surface area contributed by atoms with Crippen molar-refractivity contribution < 1.29 is 24.3 Å². The molecule has 0 bridgehead atoms. The SMILES string of the molecule is O=C(O)Cn1c2ccccc2c2ccc(OCCCCCOc3ccc([N+](=O)[O-])cc3)cc21. The number of carboxylic acid groups (broad SMARTS) is 1. The number of ether oxygens (including phenoxy) is 2. The number of para-hydroxylation sites is 1. The van der Waals surface area contributed by atoms with Crippen molar-refractivity contribution in [1.82, 2.24) is 4.57 Å². The van der Waals surface area contributed by atoms with Crippen LogP contribution in [0.4, 0.5) is 5.69 Å². The number of rotatable bonds is 11. The molecule has 8 nitrogen and oxygen atoms in total. The van der Waals surface area contributed by atoms with Crippen molar-refractivity contribution in [3.63, 3.8) is 0 Å². The summed E-state index contributed by atoms with van der Waals surface area (Å²) >= 11 is 0. The maximum Gasteiger partial charge on any atom is 0.323 e. The Morgan fingerprint density at radius 2 is 1.48 bits per heavy atom. The zero-order valence-electron chi connectivity index (χ0n) is 18.0. The number of hydrogen-bond acceptors (Lipinski definition) is 5. The van der Waals surface area contributed by atoms with Gasteiger partial charge in [0.2, 0.25) is 0 Å². The van der Waals surface area contributed by atoms with Crippen LogP contribution in [0.2, 0.25) is 0 Å². The highest BCUT2D eigenvalue weighted by Gasteiger charge is 2.13. The van der Waals surface area contributed by atoms with E-state index in [0.29, 0.717) is 24.7 Å². The first-order chi connectivity index (χ1) is 16.0. The molecule has 0 spiro atoms. The molecule has 0 unspecified atom stereocenters. The largest absolute Gasteiger partial charge is 0.494 e. The van der Waals surface area contributed by atoms with E-state index in [1.54, 1.807) is 16.7 Å². The molecule has 3 aromatic carbocycles. The number of nitro benzene ring substituents is 1. The molecule has 1 aromatic heterocycles. The lowest BCUT2D eigenvalue weighted by molar-refractivity contribution is -0.384. The van der Waals surface area contributed by atoms with Crippen molar-refractivity contribution in [2.24, 2.45) is 0 Å². The van der Waals surface area contributed by atoms with Gasteiger partial charge in [-0.05, 0) is 49.6 Å². The number of aromatic nitrogens is 1. The third-order valence-electron chi connectivity index (χ3n) is 5.41. The average molecular weight is 448 g/mol. The number of carboxylic acids is 1. The molecule has 0 aliphatic heterocycles. The fraction of sp³-hybridized carbons (Fsp3) is 0.240. The van der Waals surface area contributed by atoms with Crippen LogP contribution in [0.15, 0.2) is 66.7 Å². The molecule has 0 atom stereocenters. The summed E-state index contributed by atoms with van der Waals surface area (Å²) in [7, 11) is 0. The summed E-state index contributed by atoms with van der Waals surface area (Å²) in [6, 6.07) is 19.6. The van der Waals surface area contributed by atoms with E-state index in [-0.39, 0.29) is 12.2 Å². The Morgan fingerprint density at radius 3 is 2.18 bits per heavy atom. The third-order valence-corrected chi connectivity index (χ3v) is 5.41. The minimum Gasteiger partial charge on any atom is -0.494 e. The van der Waals surface area contributed by atoms with Crippen LogP contribution in [0.5, 0.6) is 11.5 Å². The fourth-order valence-electron chi connectivity index (χ4n) is 3.85. The first kappa shape index (κ1) is 22.1. The molecular weight excluding hydrogens is 424 g/mol. The topological polar surface area (TPSA) is 104 Å². The lowest BCUT2D eigenvalue weighted by Gasteiger charge is -2.09. The first-order valence-corrected chi connectivity index (χ1v) is 10.8. The molecule has 1 heterocycles. The highest BCUT2D eigenvalue weighted by atomic mass is 16.6. The first-order valence-electron chi connectivity index (χ1n) is 10.8. The number of fused-ring (bicyclic) bond motifs is 3. The van der Waals surface area contributed by atoms with Gasteiger partial charge in [-0.15, -0.1) is 0 Å². The molecule has 0 aliphatic rings. The van der Waals surface area contributed by atoms with Crippen molar-refractivity contribution in [3.05, 3.63) is 76.8 Å². The van der Waals surface area contributed by atoms with Crippen molar-refractivity contribution in [3.8, 4) is 11.5 Å². The Hall–Kier alpha value is -4.07. The number of carbonyl (C=O) groups is 1. The van der Waals surface area contributed by atoms with E-state index >= 15 is 0 Å². The van der Waals surface area contributed by atoms with Crippen LogP contribution in [-0.4, -0.2) is 33.8 Å². The van der Waals surface area contributed by atoms with Gasteiger partial charge in [0, 0.05) is 34.5 Å². The second-order valence-corrected chi connectivity index (χ2v) is 7.68. The fourth-order valence-corrected chi connectivity index (χ4v) is 3.85. The highest BCUT2D eigenvalue weighted by molar-refractivity contribution is 6.08. The monoisotopic (exact) mass is 448 g/mol. The van der Waals surface area contributed by atoms with Crippen molar-refractivity contribution >= 4 is 33.5 Å². The molecule has 0 saturated heterocycles. The molecule has 8 heteroatoms. The van der Waals surface area contributed by atoms with Crippen LogP contribution in [0.1, 0.15) is 19.3 Å². The summed E-state index contributed by atoms with van der Waals surface area (Å²) < 4.78 is 13.3. The number of unbranched alkanes of at least 4 members (excludes halogenated alkanes) is 2. The smallest absolute Gasteiger partial charge is 0.323 e. The summed E-state index contributed by atoms with van der Waals surface area (Å²) in [4.78, 5) is 21.6. The van der Waals surface area contributed by atoms with E-state index in [9.17, 15) is 20.0 Å². The molecule has 0 amide bonds. The number of nitro groups is 1. The van der Waals surface area contributed by atoms with Crippen molar-refractivity contribution in [2.45, 2.75) is 25.8 Å². The van der Waals surface area contributed by atoms with Gasteiger partial charge >= 0.3 is 5.97 Å². The van der Waals surface area contributed by atoms with E-state index in [2.05, 4.69) is 0 Å². The zero-order chi connectivity index (χ0) is 23.2. The summed E-state index contributed by atoms with van der Waals surface area (Å²) in [5, 5.41) is 22.0. The molecule has 4 aromatic rings. The van der Waals surface area contributed by atoms with Crippen molar-refractivity contribution in [2.75, 3.05) is 13.2 Å². The summed E-state index contributed by atoms with van der Waals surface area (Å²) in [6.07, 6.45) is 2.60. The normalized spacial score (nSPS) is 11.0. The Morgan fingerprint density at radius 1 is 0.848 bits per heavy atom. The second-order valence-electron chi connectivity index (χ2n) is 7.68. The summed E-state index contributed by atoms with van der Waals surface area (Å²) in [5.41, 5.74) is 1.77. The maximum absolute atomic E-state index is 11.4. The zero-order valence-corrected chi connectivity index (χ0v) is 18.0. The number of hydrogen-bond donors (Lipinski definition) is 1. The van der Waals surface area contributed by atoms with Crippen LogP contribution in [0.25, 0.3) is 21.8 Å². The van der Waals surface area contributed by atoms with Crippen LogP contribution in [0.3, 0.4) is 0 Å². The standard InChI is InChI=1S/C25H24N2O6/c28-25(29)17-26-23-7-3-2-6-21(23)22-13-12-20(16-24(22)26)33-15-5-1-4-14-32-19-10-8-18(9-11-19)27(30)31/h2-3,6-13,16H,1,4-5,14-15,17H2,(H,28,29). The van der Waals surface area contributed by atoms with Crippen LogP contribution < -0.4 is 9.47 Å². The van der Waals surface area contributed by atoms with E-state index in [1.165, 1.54) is 12.1 Å². The molecule has 0 aliphatic carbocycles. The van der Waals surface area contributed by atoms with Gasteiger partial charge < -0.3 is 19.1 Å². The van der Waals surface area contributed by atoms with E-state index in [1.807, 2.05) is 42.5 Å². The quantitative estimate of drug-likeness (QED) is 0.187. The Labute approximate surface area is 190 Å². The Bertz CT molecular complexity index is 1280. The van der Waals surface area contributed by atoms with Crippen LogP contribution in [0, 0.1) is 10.1 Å². The van der Waals surface area contributed by atoms with Gasteiger partial charge in [0.15, 0.2) is 0 Å². The van der Waals surface area contributed by atoms with Gasteiger partial charge in [-0.1, -0.05) is 18.2 Å². The van der Waals surface area contributed by atoms with E-state index in [0.717, 1.165) is 41.1 Å². The number of nitrogens with zero attached hydrogens (tertiary/aromatic N) is 2. The van der Waals surface area contributed by atoms with Gasteiger partial charge in [-0.25, -0.2) is 0 Å². The molecule has 170 valence electrons. The molecule has 1 N–H and O–H groups in total. The number of benzene rings is 3. The van der Waals surface area contributed by atoms with Gasteiger partial charge in [0.25, 0.3) is 5.69 Å². The molecule has 33 heavy (non-hydrogen) atoms. The predicted octanol–water partition coefficient (Wildman–Crippen LogP) is 5.42. The Balaban J connectivity index is 1.28. The molecular formula is C25H24N2O6. The molecule has 0 saturated carbocycles. The van der Waals surface area contributed by atoms with E-state index in [4.69, 9.17) is 9.47 Å². The van der Waals surface area contributed by atoms with Gasteiger partial charge in [0.05, 0.1) is 23.7 Å². The molecule has 0 fully saturated rings. The van der Waals surface area contributed by atoms with Crippen LogP contribution >= 0.6 is 0 Å². The van der Waals surface area contributed by atoms with E-state index < -0.39 is 10.9 Å². The highest BCUT2D eigenvalue weighted by Crippen LogP contribution is 2.31. The number of non-ortho nitro benzene ring substituents is 1. The second kappa shape index (κ2) is 10.0. The predicted molar refractivity (Wildman–Crippen MR) is 125 cm³/mol. The maximum atomic E-state index is 11.4. The lowest BCUT2D eigenvalue weighted by atomic mass is 10.1. The summed E-state index contributed by atoms with van der Waals surface area (Å²) in [5.74, 6) is 0.431. The average Bonchev–Trinajstić information content (AvgIpc) is 3.11. The third kappa shape index (κ3) is 5.23. The minimum absolute atomic E-state index is 0.0426. The summed E-state index contributed by atoms with van der Waals surface area (Å²) in [6.45, 7) is 0.962. The van der Waals surface area contributed by atoms with Crippen LogP contribution in [-0.2, 0) is 11.3 Å². The van der Waals surface area contributed by atoms with Gasteiger partial charge in [0.1, 0.15) is 18.0 Å². The number of aliphatic carboxylic acids is 1. The molecule has 0 radical (unpaired) electrons.